The molecular weight excluding hydrogens is 250 g/mol. The van der Waals surface area contributed by atoms with E-state index in [1.54, 1.807) is 0 Å². The summed E-state index contributed by atoms with van der Waals surface area (Å²) in [4.78, 5) is 8.97. The Bertz CT molecular complexity index is 599. The zero-order valence-electron chi connectivity index (χ0n) is 12.1. The summed E-state index contributed by atoms with van der Waals surface area (Å²) in [5.41, 5.74) is 0.922. The molecule has 3 rings (SSSR count). The summed E-state index contributed by atoms with van der Waals surface area (Å²) in [5, 5.41) is 4.00. The Kier molecular flexibility index (Phi) is 3.72. The molecule has 0 amide bonds. The Balaban J connectivity index is 1.96. The molecule has 1 aromatic heterocycles. The Labute approximate surface area is 119 Å². The Morgan fingerprint density at radius 2 is 1.95 bits per heavy atom. The average molecular weight is 271 g/mol. The molecule has 0 spiro atoms. The van der Waals surface area contributed by atoms with Gasteiger partial charge in [-0.05, 0) is 37.3 Å². The van der Waals surface area contributed by atoms with Gasteiger partial charge in [-0.15, -0.1) is 0 Å². The largest absolute Gasteiger partial charge is 0.474 e. The topological polar surface area (TPSA) is 47.0 Å². The number of benzene rings is 1. The number of para-hydroxylation sites is 1. The number of rotatable bonds is 3. The molecule has 1 aliphatic rings. The van der Waals surface area contributed by atoms with Gasteiger partial charge in [-0.3, -0.25) is 0 Å². The molecule has 1 fully saturated rings. The van der Waals surface area contributed by atoms with Crippen LogP contribution in [0.5, 0.6) is 5.88 Å². The van der Waals surface area contributed by atoms with Crippen molar-refractivity contribution in [3.05, 3.63) is 24.3 Å². The van der Waals surface area contributed by atoms with Crippen LogP contribution in [-0.2, 0) is 0 Å². The standard InChI is InChI=1S/C16H21N3O/c1-11-7-3-6-10-14(11)20-15-12-8-4-5-9-13(12)18-16(17-2)19-15/h4-5,8-9,11,14H,3,6-7,10H2,1-2H3,(H,17,18,19). The first-order valence-corrected chi connectivity index (χ1v) is 7.39. The van der Waals surface area contributed by atoms with E-state index in [-0.39, 0.29) is 6.10 Å². The van der Waals surface area contributed by atoms with E-state index < -0.39 is 0 Å². The Morgan fingerprint density at radius 3 is 2.75 bits per heavy atom. The minimum absolute atomic E-state index is 0.270. The van der Waals surface area contributed by atoms with Crippen molar-refractivity contribution in [2.24, 2.45) is 5.92 Å². The molecule has 2 atom stereocenters. The molecule has 20 heavy (non-hydrogen) atoms. The van der Waals surface area contributed by atoms with Gasteiger partial charge in [-0.2, -0.15) is 4.98 Å². The number of anilines is 1. The van der Waals surface area contributed by atoms with E-state index in [2.05, 4.69) is 22.2 Å². The van der Waals surface area contributed by atoms with Crippen LogP contribution in [0.1, 0.15) is 32.6 Å². The molecule has 1 aliphatic carbocycles. The predicted molar refractivity (Wildman–Crippen MR) is 81.1 cm³/mol. The summed E-state index contributed by atoms with van der Waals surface area (Å²) in [5.74, 6) is 1.91. The third-order valence-corrected chi connectivity index (χ3v) is 4.09. The lowest BCUT2D eigenvalue weighted by Gasteiger charge is -2.29. The van der Waals surface area contributed by atoms with Gasteiger partial charge < -0.3 is 10.1 Å². The molecule has 1 N–H and O–H groups in total. The lowest BCUT2D eigenvalue weighted by atomic mass is 9.88. The highest BCUT2D eigenvalue weighted by Gasteiger charge is 2.24. The first-order valence-electron chi connectivity index (χ1n) is 7.39. The van der Waals surface area contributed by atoms with E-state index >= 15 is 0 Å². The van der Waals surface area contributed by atoms with Crippen molar-refractivity contribution in [1.29, 1.82) is 0 Å². The second kappa shape index (κ2) is 5.65. The minimum atomic E-state index is 0.270. The molecule has 2 unspecified atom stereocenters. The molecule has 2 aromatic rings. The second-order valence-electron chi connectivity index (χ2n) is 5.54. The third kappa shape index (κ3) is 2.55. The molecule has 1 heterocycles. The molecule has 0 radical (unpaired) electrons. The number of fused-ring (bicyclic) bond motifs is 1. The van der Waals surface area contributed by atoms with E-state index in [4.69, 9.17) is 4.74 Å². The van der Waals surface area contributed by atoms with E-state index in [0.717, 1.165) is 17.3 Å². The molecule has 106 valence electrons. The number of hydrogen-bond donors (Lipinski definition) is 1. The number of hydrogen-bond acceptors (Lipinski definition) is 4. The van der Waals surface area contributed by atoms with E-state index in [1.165, 1.54) is 19.3 Å². The summed E-state index contributed by atoms with van der Waals surface area (Å²) < 4.78 is 6.23. The molecule has 4 heteroatoms. The highest BCUT2D eigenvalue weighted by atomic mass is 16.5. The smallest absolute Gasteiger partial charge is 0.226 e. The molecule has 0 saturated heterocycles. The highest BCUT2D eigenvalue weighted by Crippen LogP contribution is 2.31. The van der Waals surface area contributed by atoms with Crippen molar-refractivity contribution >= 4 is 16.9 Å². The third-order valence-electron chi connectivity index (χ3n) is 4.09. The van der Waals surface area contributed by atoms with Gasteiger partial charge in [0.2, 0.25) is 11.8 Å². The van der Waals surface area contributed by atoms with Crippen LogP contribution in [0, 0.1) is 5.92 Å². The van der Waals surface area contributed by atoms with Gasteiger partial charge >= 0.3 is 0 Å². The van der Waals surface area contributed by atoms with Gasteiger partial charge in [-0.1, -0.05) is 25.5 Å². The van der Waals surface area contributed by atoms with Crippen LogP contribution < -0.4 is 10.1 Å². The van der Waals surface area contributed by atoms with Crippen molar-refractivity contribution in [3.8, 4) is 5.88 Å². The van der Waals surface area contributed by atoms with Crippen molar-refractivity contribution in [2.75, 3.05) is 12.4 Å². The lowest BCUT2D eigenvalue weighted by molar-refractivity contribution is 0.0994. The maximum Gasteiger partial charge on any atom is 0.226 e. The molecular formula is C16H21N3O. The van der Waals surface area contributed by atoms with Crippen molar-refractivity contribution in [1.82, 2.24) is 9.97 Å². The van der Waals surface area contributed by atoms with E-state index in [9.17, 15) is 0 Å². The summed E-state index contributed by atoms with van der Waals surface area (Å²) >= 11 is 0. The van der Waals surface area contributed by atoms with Crippen LogP contribution in [0.15, 0.2) is 24.3 Å². The SMILES string of the molecule is CNc1nc(OC2CCCCC2C)c2ccccc2n1. The first kappa shape index (κ1) is 13.2. The van der Waals surface area contributed by atoms with Crippen LogP contribution in [0.25, 0.3) is 10.9 Å². The monoisotopic (exact) mass is 271 g/mol. The summed E-state index contributed by atoms with van der Waals surface area (Å²) in [6.45, 7) is 2.27. The van der Waals surface area contributed by atoms with Gasteiger partial charge in [-0.25, -0.2) is 4.98 Å². The van der Waals surface area contributed by atoms with Gasteiger partial charge in [0, 0.05) is 7.05 Å². The maximum absolute atomic E-state index is 6.23. The van der Waals surface area contributed by atoms with Crippen molar-refractivity contribution in [2.45, 2.75) is 38.7 Å². The Morgan fingerprint density at radius 1 is 1.15 bits per heavy atom. The molecule has 0 bridgehead atoms. The highest BCUT2D eigenvalue weighted by molar-refractivity contribution is 5.84. The van der Waals surface area contributed by atoms with Crippen LogP contribution >= 0.6 is 0 Å². The second-order valence-corrected chi connectivity index (χ2v) is 5.54. The lowest BCUT2D eigenvalue weighted by Crippen LogP contribution is -2.28. The zero-order chi connectivity index (χ0) is 13.9. The fourth-order valence-electron chi connectivity index (χ4n) is 2.85. The van der Waals surface area contributed by atoms with Gasteiger partial charge in [0.25, 0.3) is 0 Å². The maximum atomic E-state index is 6.23. The van der Waals surface area contributed by atoms with Gasteiger partial charge in [0.1, 0.15) is 6.10 Å². The zero-order valence-corrected chi connectivity index (χ0v) is 12.1. The molecule has 4 nitrogen and oxygen atoms in total. The van der Waals surface area contributed by atoms with E-state index in [1.807, 2.05) is 31.3 Å². The van der Waals surface area contributed by atoms with Crippen LogP contribution in [0.3, 0.4) is 0 Å². The van der Waals surface area contributed by atoms with Crippen molar-refractivity contribution < 1.29 is 4.74 Å². The Hall–Kier alpha value is -1.84. The number of nitrogens with one attached hydrogen (secondary N) is 1. The number of ether oxygens (including phenoxy) is 1. The number of aromatic nitrogens is 2. The predicted octanol–water partition coefficient (Wildman–Crippen LogP) is 3.63. The van der Waals surface area contributed by atoms with E-state index in [0.29, 0.717) is 17.7 Å². The number of nitrogens with zero attached hydrogens (tertiary/aromatic N) is 2. The normalized spacial score (nSPS) is 22.7. The molecule has 1 saturated carbocycles. The summed E-state index contributed by atoms with van der Waals surface area (Å²) in [6.07, 6.45) is 5.19. The van der Waals surface area contributed by atoms with Gasteiger partial charge in [0.15, 0.2) is 0 Å². The summed E-state index contributed by atoms with van der Waals surface area (Å²) in [6, 6.07) is 8.01. The summed E-state index contributed by atoms with van der Waals surface area (Å²) in [7, 11) is 1.83. The fraction of sp³-hybridized carbons (Fsp3) is 0.500. The van der Waals surface area contributed by atoms with Crippen LogP contribution in [0.2, 0.25) is 0 Å². The van der Waals surface area contributed by atoms with Crippen LogP contribution in [-0.4, -0.2) is 23.1 Å². The van der Waals surface area contributed by atoms with Crippen molar-refractivity contribution in [3.63, 3.8) is 0 Å². The van der Waals surface area contributed by atoms with Crippen LogP contribution in [0.4, 0.5) is 5.95 Å². The van der Waals surface area contributed by atoms with Gasteiger partial charge in [0.05, 0.1) is 10.9 Å². The fourth-order valence-corrected chi connectivity index (χ4v) is 2.85. The minimum Gasteiger partial charge on any atom is -0.474 e. The first-order chi connectivity index (χ1) is 9.78. The quantitative estimate of drug-likeness (QED) is 0.926. The molecule has 1 aromatic carbocycles. The molecule has 0 aliphatic heterocycles. The average Bonchev–Trinajstić information content (AvgIpc) is 2.49.